The number of halogens is 1. The van der Waals surface area contributed by atoms with Crippen molar-refractivity contribution in [3.63, 3.8) is 0 Å². The SMILES string of the molecule is CCCSCc1nnc(Nc2c3c(cc4c2CCC4)CCC3)n1COCC[Si](C)(C)C.C[Si](C)(C)CCOCn1c(CCl)nnc1Nc1c2c(cc3c1CCC3)CCC2. The monoisotopic (exact) mass is 876 g/mol. The van der Waals surface area contributed by atoms with Gasteiger partial charge in [0.05, 0.1) is 11.6 Å². The smallest absolute Gasteiger partial charge is 0.231 e. The van der Waals surface area contributed by atoms with Gasteiger partial charge in [-0.05, 0) is 146 Å². The van der Waals surface area contributed by atoms with Crippen LogP contribution in [-0.2, 0) is 85.9 Å². The molecule has 0 amide bonds. The lowest BCUT2D eigenvalue weighted by Crippen LogP contribution is -2.22. The average molecular weight is 878 g/mol. The Kier molecular flexibility index (Phi) is 15.0. The summed E-state index contributed by atoms with van der Waals surface area (Å²) in [6.45, 7) is 19.0. The number of nitrogens with zero attached hydrogens (tertiary/aromatic N) is 6. The van der Waals surface area contributed by atoms with Crippen LogP contribution in [0.4, 0.5) is 23.3 Å². The molecule has 4 aliphatic rings. The highest BCUT2D eigenvalue weighted by Crippen LogP contribution is 2.41. The molecule has 2 heterocycles. The van der Waals surface area contributed by atoms with Gasteiger partial charge < -0.3 is 20.1 Å². The molecule has 59 heavy (non-hydrogen) atoms. The second kappa shape index (κ2) is 20.0. The molecule has 0 fully saturated rings. The van der Waals surface area contributed by atoms with E-state index >= 15 is 0 Å². The van der Waals surface area contributed by atoms with E-state index in [1.165, 1.54) is 121 Å². The first-order valence-electron chi connectivity index (χ1n) is 22.4. The van der Waals surface area contributed by atoms with Gasteiger partial charge in [0, 0.05) is 40.7 Å². The average Bonchev–Trinajstić information content (AvgIpc) is 4.05. The van der Waals surface area contributed by atoms with Crippen LogP contribution in [0.1, 0.15) is 95.2 Å². The summed E-state index contributed by atoms with van der Waals surface area (Å²) in [4.78, 5) is 0. The van der Waals surface area contributed by atoms with Crippen molar-refractivity contribution in [2.75, 3.05) is 29.6 Å². The maximum absolute atomic E-state index is 6.13. The Morgan fingerprint density at radius 3 is 1.41 bits per heavy atom. The molecule has 0 saturated carbocycles. The van der Waals surface area contributed by atoms with E-state index in [9.17, 15) is 0 Å². The number of thioether (sulfide) groups is 1. The molecule has 322 valence electrons. The Bertz CT molecular complexity index is 1990. The maximum atomic E-state index is 6.13. The van der Waals surface area contributed by atoms with E-state index in [1.807, 2.05) is 16.3 Å². The number of alkyl halides is 1. The fourth-order valence-corrected chi connectivity index (χ4v) is 11.4. The molecule has 0 bridgehead atoms. The molecule has 14 heteroatoms. The van der Waals surface area contributed by atoms with Crippen molar-refractivity contribution in [1.82, 2.24) is 29.5 Å². The Morgan fingerprint density at radius 1 is 0.610 bits per heavy atom. The number of nitrogens with one attached hydrogen (secondary N) is 2. The number of aromatic nitrogens is 6. The van der Waals surface area contributed by atoms with Crippen molar-refractivity contribution in [1.29, 1.82) is 0 Å². The normalized spacial score (nSPS) is 15.5. The van der Waals surface area contributed by atoms with E-state index in [4.69, 9.17) is 21.1 Å². The molecule has 10 nitrogen and oxygen atoms in total. The minimum atomic E-state index is -1.11. The lowest BCUT2D eigenvalue weighted by Gasteiger charge is -2.19. The fourth-order valence-electron chi connectivity index (χ4n) is 8.87. The molecular formula is C45H69ClN8O2SSi2. The Morgan fingerprint density at radius 2 is 1.02 bits per heavy atom. The van der Waals surface area contributed by atoms with Gasteiger partial charge >= 0.3 is 0 Å². The molecule has 2 aromatic carbocycles. The predicted octanol–water partition coefficient (Wildman–Crippen LogP) is 11.0. The second-order valence-electron chi connectivity index (χ2n) is 19.3. The molecule has 4 aromatic rings. The van der Waals surface area contributed by atoms with E-state index in [2.05, 4.69) is 93.9 Å². The van der Waals surface area contributed by atoms with Gasteiger partial charge in [0.2, 0.25) is 11.9 Å². The third kappa shape index (κ3) is 11.2. The predicted molar refractivity (Wildman–Crippen MR) is 252 cm³/mol. The molecule has 0 unspecified atom stereocenters. The fraction of sp³-hybridized carbons (Fsp3) is 0.644. The summed E-state index contributed by atoms with van der Waals surface area (Å²) in [7, 11) is -2.21. The van der Waals surface area contributed by atoms with Gasteiger partial charge in [-0.25, -0.2) is 0 Å². The van der Waals surface area contributed by atoms with Crippen molar-refractivity contribution in [2.45, 2.75) is 167 Å². The summed E-state index contributed by atoms with van der Waals surface area (Å²) in [5.74, 6) is 5.71. The molecule has 0 atom stereocenters. The number of hydrogen-bond acceptors (Lipinski definition) is 9. The summed E-state index contributed by atoms with van der Waals surface area (Å²) in [6, 6.07) is 7.25. The Balaban J connectivity index is 0.000000180. The van der Waals surface area contributed by atoms with Gasteiger partial charge in [-0.3, -0.25) is 9.13 Å². The van der Waals surface area contributed by atoms with Crippen LogP contribution in [0.2, 0.25) is 51.4 Å². The van der Waals surface area contributed by atoms with E-state index < -0.39 is 16.1 Å². The number of hydrogen-bond donors (Lipinski definition) is 2. The first-order chi connectivity index (χ1) is 28.4. The zero-order valence-electron chi connectivity index (χ0n) is 37.0. The summed E-state index contributed by atoms with van der Waals surface area (Å²) in [5, 5.41) is 25.2. The molecule has 0 aliphatic heterocycles. The van der Waals surface area contributed by atoms with Crippen LogP contribution >= 0.6 is 23.4 Å². The number of rotatable bonds is 19. The van der Waals surface area contributed by atoms with Crippen molar-refractivity contribution in [2.24, 2.45) is 0 Å². The molecular weight excluding hydrogens is 808 g/mol. The molecule has 2 N–H and O–H groups in total. The molecule has 0 spiro atoms. The summed E-state index contributed by atoms with van der Waals surface area (Å²) in [5.41, 5.74) is 14.7. The number of fused-ring (bicyclic) bond motifs is 4. The zero-order chi connectivity index (χ0) is 41.6. The van der Waals surface area contributed by atoms with Crippen molar-refractivity contribution in [3.8, 4) is 0 Å². The van der Waals surface area contributed by atoms with Crippen LogP contribution < -0.4 is 10.6 Å². The number of aryl methyl sites for hydroxylation is 4. The van der Waals surface area contributed by atoms with E-state index in [0.717, 1.165) is 67.2 Å². The summed E-state index contributed by atoms with van der Waals surface area (Å²) >= 11 is 8.05. The first kappa shape index (κ1) is 44.4. The van der Waals surface area contributed by atoms with Crippen LogP contribution in [0.3, 0.4) is 0 Å². The third-order valence-corrected chi connectivity index (χ3v) is 17.0. The Labute approximate surface area is 364 Å². The van der Waals surface area contributed by atoms with Crippen molar-refractivity contribution in [3.05, 3.63) is 68.3 Å². The first-order valence-corrected chi connectivity index (χ1v) is 31.5. The highest BCUT2D eigenvalue weighted by molar-refractivity contribution is 7.98. The molecule has 0 radical (unpaired) electrons. The molecule has 4 aliphatic carbocycles. The van der Waals surface area contributed by atoms with Gasteiger partial charge in [0.1, 0.15) is 19.3 Å². The standard InChI is InChI=1S/C24H38N4OSSi.C21H31ClN4OSi/c1-5-13-30-16-22-26-27-24(28(22)17-29-12-14-31(2,3)4)25-23-20-10-6-8-18(20)15-19-9-7-11-21(19)23;1-28(2,3)11-10-27-14-26-19(13-22)24-25-21(26)23-20-17-8-4-6-15(17)12-16-7-5-9-18(16)20/h15H,5-14,16-17H2,1-4H3,(H,25,27);12H,4-11,13-14H2,1-3H3,(H,23,25). The lowest BCUT2D eigenvalue weighted by atomic mass is 9.99. The molecule has 2 aromatic heterocycles. The van der Waals surface area contributed by atoms with E-state index in [1.54, 1.807) is 11.1 Å². The second-order valence-corrected chi connectivity index (χ2v) is 32.0. The third-order valence-electron chi connectivity index (χ3n) is 12.2. The minimum absolute atomic E-state index is 0.330. The summed E-state index contributed by atoms with van der Waals surface area (Å²) in [6.07, 6.45) is 15.6. The van der Waals surface area contributed by atoms with Crippen LogP contribution in [0, 0.1) is 0 Å². The number of anilines is 4. The number of benzene rings is 2. The molecule has 8 rings (SSSR count). The van der Waals surface area contributed by atoms with Crippen molar-refractivity contribution < 1.29 is 9.47 Å². The maximum Gasteiger partial charge on any atom is 0.231 e. The van der Waals surface area contributed by atoms with Gasteiger partial charge in [0.25, 0.3) is 0 Å². The molecule has 0 saturated heterocycles. The van der Waals surface area contributed by atoms with Crippen LogP contribution in [0.5, 0.6) is 0 Å². The minimum Gasteiger partial charge on any atom is -0.361 e. The zero-order valence-corrected chi connectivity index (χ0v) is 40.6. The quantitative estimate of drug-likeness (QED) is 0.0541. The number of ether oxygens (including phenoxy) is 2. The highest BCUT2D eigenvalue weighted by Gasteiger charge is 2.27. The van der Waals surface area contributed by atoms with Crippen molar-refractivity contribution >= 4 is 62.8 Å². The summed E-state index contributed by atoms with van der Waals surface area (Å²) < 4.78 is 16.3. The van der Waals surface area contributed by atoms with E-state index in [0.29, 0.717) is 19.3 Å². The van der Waals surface area contributed by atoms with Gasteiger partial charge in [0.15, 0.2) is 5.82 Å². The lowest BCUT2D eigenvalue weighted by molar-refractivity contribution is 0.0867. The largest absolute Gasteiger partial charge is 0.361 e. The van der Waals surface area contributed by atoms with E-state index in [-0.39, 0.29) is 0 Å². The van der Waals surface area contributed by atoms with Crippen LogP contribution in [0.25, 0.3) is 0 Å². The topological polar surface area (TPSA) is 104 Å². The van der Waals surface area contributed by atoms with Crippen LogP contribution in [-0.4, -0.2) is 64.6 Å². The highest BCUT2D eigenvalue weighted by atomic mass is 35.5. The van der Waals surface area contributed by atoms with Crippen LogP contribution in [0.15, 0.2) is 12.1 Å². The van der Waals surface area contributed by atoms with Gasteiger partial charge in [-0.1, -0.05) is 58.3 Å². The van der Waals surface area contributed by atoms with Gasteiger partial charge in [-0.2, -0.15) is 11.8 Å². The van der Waals surface area contributed by atoms with Gasteiger partial charge in [-0.15, -0.1) is 32.0 Å². The Hall–Kier alpha value is -2.69.